The lowest BCUT2D eigenvalue weighted by Crippen LogP contribution is -2.11. The molecule has 1 rings (SSSR count). The van der Waals surface area contributed by atoms with Gasteiger partial charge < -0.3 is 10.5 Å². The van der Waals surface area contributed by atoms with Gasteiger partial charge in [-0.2, -0.15) is 0 Å². The molecule has 0 aliphatic carbocycles. The smallest absolute Gasteiger partial charge is 0.338 e. The van der Waals surface area contributed by atoms with Gasteiger partial charge in [0, 0.05) is 11.8 Å². The van der Waals surface area contributed by atoms with E-state index in [0.717, 1.165) is 6.26 Å². The first kappa shape index (κ1) is 13.2. The second kappa shape index (κ2) is 4.58. The maximum absolute atomic E-state index is 11.4. The lowest BCUT2D eigenvalue weighted by atomic mass is 10.3. The van der Waals surface area contributed by atoms with Gasteiger partial charge in [-0.3, -0.25) is 0 Å². The molecule has 0 aromatic heterocycles. The highest BCUT2D eigenvalue weighted by molar-refractivity contribution is 7.90. The molecule has 0 atom stereocenters. The van der Waals surface area contributed by atoms with Crippen molar-refractivity contribution >= 4 is 21.5 Å². The van der Waals surface area contributed by atoms with E-state index in [1.807, 2.05) is 0 Å². The van der Waals surface area contributed by atoms with E-state index >= 15 is 0 Å². The Bertz CT molecular complexity index is 575. The van der Waals surface area contributed by atoms with Gasteiger partial charge >= 0.3 is 5.97 Å². The topological polar surface area (TPSA) is 86.5 Å². The fourth-order valence-corrected chi connectivity index (χ4v) is 1.95. The van der Waals surface area contributed by atoms with Crippen molar-refractivity contribution in [2.75, 3.05) is 12.0 Å². The molecule has 0 amide bonds. The second-order valence-electron chi connectivity index (χ2n) is 3.61. The number of sulfone groups is 1. The van der Waals surface area contributed by atoms with Crippen LogP contribution in [-0.4, -0.2) is 20.6 Å². The van der Waals surface area contributed by atoms with Crippen LogP contribution in [0.15, 0.2) is 35.2 Å². The molecule has 0 unspecified atom stereocenters. The van der Waals surface area contributed by atoms with Crippen molar-refractivity contribution in [3.05, 3.63) is 30.4 Å². The summed E-state index contributed by atoms with van der Waals surface area (Å²) in [7, 11) is -3.45. The van der Waals surface area contributed by atoms with Crippen molar-refractivity contribution < 1.29 is 17.9 Å². The number of anilines is 1. The number of esters is 1. The number of benzene rings is 1. The minimum atomic E-state index is -3.45. The number of hydrogen-bond donors (Lipinski definition) is 1. The summed E-state index contributed by atoms with van der Waals surface area (Å²) in [4.78, 5) is 11.2. The lowest BCUT2D eigenvalue weighted by molar-refractivity contribution is -0.130. The first-order valence-electron chi connectivity index (χ1n) is 4.69. The van der Waals surface area contributed by atoms with Gasteiger partial charge in [-0.25, -0.2) is 13.2 Å². The van der Waals surface area contributed by atoms with E-state index in [-0.39, 0.29) is 21.9 Å². The van der Waals surface area contributed by atoms with E-state index < -0.39 is 15.8 Å². The SMILES string of the molecule is C=C(C)C(=O)Oc1cccc(S(C)(=O)=O)c1N. The molecule has 5 nitrogen and oxygen atoms in total. The van der Waals surface area contributed by atoms with Crippen molar-refractivity contribution in [1.29, 1.82) is 0 Å². The number of ether oxygens (including phenoxy) is 1. The summed E-state index contributed by atoms with van der Waals surface area (Å²) in [5, 5.41) is 0. The van der Waals surface area contributed by atoms with Crippen LogP contribution in [0.4, 0.5) is 5.69 Å². The molecular formula is C11H13NO4S. The Morgan fingerprint density at radius 2 is 2.00 bits per heavy atom. The third kappa shape index (κ3) is 3.07. The van der Waals surface area contributed by atoms with Gasteiger partial charge in [-0.05, 0) is 19.1 Å². The van der Waals surface area contributed by atoms with Crippen LogP contribution < -0.4 is 10.5 Å². The molecule has 1 aromatic rings. The standard InChI is InChI=1S/C11H13NO4S/c1-7(2)11(13)16-8-5-4-6-9(10(8)12)17(3,14)15/h4-6H,1,12H2,2-3H3. The van der Waals surface area contributed by atoms with Gasteiger partial charge in [0.2, 0.25) is 0 Å². The summed E-state index contributed by atoms with van der Waals surface area (Å²) in [5.41, 5.74) is 5.76. The van der Waals surface area contributed by atoms with Crippen LogP contribution in [0.5, 0.6) is 5.75 Å². The monoisotopic (exact) mass is 255 g/mol. The summed E-state index contributed by atoms with van der Waals surface area (Å²) < 4.78 is 27.7. The van der Waals surface area contributed by atoms with Crippen molar-refractivity contribution in [2.24, 2.45) is 0 Å². The number of hydrogen-bond acceptors (Lipinski definition) is 5. The fourth-order valence-electron chi connectivity index (χ4n) is 1.12. The van der Waals surface area contributed by atoms with Gasteiger partial charge in [0.25, 0.3) is 0 Å². The van der Waals surface area contributed by atoms with Crippen LogP contribution in [0.3, 0.4) is 0 Å². The Balaban J connectivity index is 3.21. The third-order valence-electron chi connectivity index (χ3n) is 1.98. The fraction of sp³-hybridized carbons (Fsp3) is 0.182. The molecule has 17 heavy (non-hydrogen) atoms. The Labute approximate surface area is 99.8 Å². The maximum atomic E-state index is 11.4. The number of rotatable bonds is 3. The van der Waals surface area contributed by atoms with Crippen LogP contribution in [0.25, 0.3) is 0 Å². The lowest BCUT2D eigenvalue weighted by Gasteiger charge is -2.09. The van der Waals surface area contributed by atoms with Gasteiger partial charge in [-0.1, -0.05) is 12.6 Å². The zero-order valence-corrected chi connectivity index (χ0v) is 10.4. The summed E-state index contributed by atoms with van der Waals surface area (Å²) >= 11 is 0. The number of nitrogen functional groups attached to an aromatic ring is 1. The number of para-hydroxylation sites is 1. The van der Waals surface area contributed by atoms with E-state index in [9.17, 15) is 13.2 Å². The Morgan fingerprint density at radius 1 is 1.41 bits per heavy atom. The van der Waals surface area contributed by atoms with Gasteiger partial charge in [0.1, 0.15) is 0 Å². The molecule has 0 bridgehead atoms. The number of carbonyl (C=O) groups is 1. The molecule has 0 heterocycles. The summed E-state index contributed by atoms with van der Waals surface area (Å²) in [6.45, 7) is 4.90. The van der Waals surface area contributed by atoms with Crippen LogP contribution in [0.1, 0.15) is 6.92 Å². The molecule has 0 fully saturated rings. The number of carbonyl (C=O) groups excluding carboxylic acids is 1. The molecule has 1 aromatic carbocycles. The highest BCUT2D eigenvalue weighted by Gasteiger charge is 2.16. The molecule has 0 aliphatic heterocycles. The predicted molar refractivity (Wildman–Crippen MR) is 64.4 cm³/mol. The Kier molecular flexibility index (Phi) is 3.57. The molecular weight excluding hydrogens is 242 g/mol. The molecule has 6 heteroatoms. The van der Waals surface area contributed by atoms with Gasteiger partial charge in [-0.15, -0.1) is 0 Å². The van der Waals surface area contributed by atoms with Crippen LogP contribution in [0.2, 0.25) is 0 Å². The molecule has 92 valence electrons. The summed E-state index contributed by atoms with van der Waals surface area (Å²) in [6, 6.07) is 4.22. The number of nitrogens with two attached hydrogens (primary N) is 1. The van der Waals surface area contributed by atoms with E-state index in [1.54, 1.807) is 0 Å². The second-order valence-corrected chi connectivity index (χ2v) is 5.59. The van der Waals surface area contributed by atoms with Crippen LogP contribution in [0, 0.1) is 0 Å². The average molecular weight is 255 g/mol. The van der Waals surface area contributed by atoms with Crippen LogP contribution in [-0.2, 0) is 14.6 Å². The van der Waals surface area contributed by atoms with E-state index in [4.69, 9.17) is 10.5 Å². The molecule has 0 saturated carbocycles. The Morgan fingerprint density at radius 3 is 2.47 bits per heavy atom. The third-order valence-corrected chi connectivity index (χ3v) is 3.13. The van der Waals surface area contributed by atoms with E-state index in [1.165, 1.54) is 25.1 Å². The molecule has 0 aliphatic rings. The van der Waals surface area contributed by atoms with Crippen molar-refractivity contribution in [3.8, 4) is 5.75 Å². The van der Waals surface area contributed by atoms with Gasteiger partial charge in [0.05, 0.1) is 10.6 Å². The predicted octanol–water partition coefficient (Wildman–Crippen LogP) is 1.15. The first-order valence-corrected chi connectivity index (χ1v) is 6.59. The quantitative estimate of drug-likeness (QED) is 0.379. The molecule has 2 N–H and O–H groups in total. The van der Waals surface area contributed by atoms with Crippen molar-refractivity contribution in [3.63, 3.8) is 0 Å². The minimum Gasteiger partial charge on any atom is -0.421 e. The summed E-state index contributed by atoms with van der Waals surface area (Å²) in [6.07, 6.45) is 1.03. The van der Waals surface area contributed by atoms with Gasteiger partial charge in [0.15, 0.2) is 15.6 Å². The van der Waals surface area contributed by atoms with Crippen LogP contribution >= 0.6 is 0 Å². The molecule has 0 radical (unpaired) electrons. The van der Waals surface area contributed by atoms with E-state index in [0.29, 0.717) is 0 Å². The highest BCUT2D eigenvalue weighted by atomic mass is 32.2. The van der Waals surface area contributed by atoms with E-state index in [2.05, 4.69) is 6.58 Å². The molecule has 0 saturated heterocycles. The first-order chi connectivity index (χ1) is 7.73. The zero-order valence-electron chi connectivity index (χ0n) is 9.56. The summed E-state index contributed by atoms with van der Waals surface area (Å²) in [5.74, 6) is -0.636. The maximum Gasteiger partial charge on any atom is 0.338 e. The average Bonchev–Trinajstić information content (AvgIpc) is 2.19. The highest BCUT2D eigenvalue weighted by Crippen LogP contribution is 2.28. The minimum absolute atomic E-state index is 0.0147. The van der Waals surface area contributed by atoms with Crippen molar-refractivity contribution in [2.45, 2.75) is 11.8 Å². The normalized spacial score (nSPS) is 10.9. The Hall–Kier alpha value is -1.82. The molecule has 0 spiro atoms. The largest absolute Gasteiger partial charge is 0.421 e. The van der Waals surface area contributed by atoms with Crippen molar-refractivity contribution in [1.82, 2.24) is 0 Å². The zero-order chi connectivity index (χ0) is 13.2.